The Kier molecular flexibility index (Phi) is 6.77. The molecular formula is C22H24N2O3. The molecule has 0 saturated carbocycles. The van der Waals surface area contributed by atoms with E-state index >= 15 is 0 Å². The van der Waals surface area contributed by atoms with E-state index in [2.05, 4.69) is 10.6 Å². The van der Waals surface area contributed by atoms with E-state index in [0.717, 1.165) is 42.8 Å². The molecular weight excluding hydrogens is 340 g/mol. The molecule has 1 saturated heterocycles. The molecule has 0 aliphatic carbocycles. The summed E-state index contributed by atoms with van der Waals surface area (Å²) in [5.74, 6) is 0.116. The van der Waals surface area contributed by atoms with Crippen molar-refractivity contribution in [2.45, 2.75) is 19.4 Å². The van der Waals surface area contributed by atoms with Gasteiger partial charge in [0.15, 0.2) is 0 Å². The lowest BCUT2D eigenvalue weighted by atomic mass is 9.97. The second kappa shape index (κ2) is 9.69. The smallest absolute Gasteiger partial charge is 0.250 e. The van der Waals surface area contributed by atoms with Crippen LogP contribution in [0.3, 0.4) is 0 Å². The number of hydrogen-bond acceptors (Lipinski definition) is 4. The minimum absolute atomic E-state index is 0.0790. The second-order valence-corrected chi connectivity index (χ2v) is 6.55. The molecule has 0 bridgehead atoms. The summed E-state index contributed by atoms with van der Waals surface area (Å²) in [7, 11) is 0. The lowest BCUT2D eigenvalue weighted by Gasteiger charge is -2.20. The fraction of sp³-hybridized carbons (Fsp3) is 0.273. The van der Waals surface area contributed by atoms with Gasteiger partial charge in [-0.3, -0.25) is 14.9 Å². The van der Waals surface area contributed by atoms with E-state index in [1.54, 1.807) is 6.08 Å². The number of nitrogens with one attached hydrogen (secondary N) is 2. The van der Waals surface area contributed by atoms with E-state index in [1.165, 1.54) is 6.08 Å². The van der Waals surface area contributed by atoms with Crippen LogP contribution < -0.4 is 15.4 Å². The average Bonchev–Trinajstić information content (AvgIpc) is 2.73. The van der Waals surface area contributed by atoms with Gasteiger partial charge in [-0.25, -0.2) is 0 Å². The van der Waals surface area contributed by atoms with Crippen molar-refractivity contribution in [3.63, 3.8) is 0 Å². The maximum Gasteiger partial charge on any atom is 0.250 e. The molecule has 2 amide bonds. The van der Waals surface area contributed by atoms with Crippen LogP contribution in [0, 0.1) is 5.92 Å². The van der Waals surface area contributed by atoms with Crippen molar-refractivity contribution in [1.82, 2.24) is 10.6 Å². The van der Waals surface area contributed by atoms with Gasteiger partial charge in [-0.15, -0.1) is 0 Å². The Labute approximate surface area is 159 Å². The number of rotatable bonds is 6. The summed E-state index contributed by atoms with van der Waals surface area (Å²) < 4.78 is 5.74. The average molecular weight is 364 g/mol. The van der Waals surface area contributed by atoms with Crippen molar-refractivity contribution in [3.05, 3.63) is 71.8 Å². The molecule has 140 valence electrons. The summed E-state index contributed by atoms with van der Waals surface area (Å²) in [5.41, 5.74) is 1.98. The maximum absolute atomic E-state index is 12.0. The van der Waals surface area contributed by atoms with Gasteiger partial charge in [-0.2, -0.15) is 0 Å². The van der Waals surface area contributed by atoms with Crippen LogP contribution in [-0.2, 0) is 16.2 Å². The SMILES string of the molecule is O=C(/C=C/c1ccc(OCc2ccccc2)cc1)NC(=O)C1CCNCC1. The number of hydrogen-bond donors (Lipinski definition) is 2. The highest BCUT2D eigenvalue weighted by Crippen LogP contribution is 2.15. The lowest BCUT2D eigenvalue weighted by molar-refractivity contribution is -0.131. The first kappa shape index (κ1) is 18.9. The van der Waals surface area contributed by atoms with Crippen molar-refractivity contribution < 1.29 is 14.3 Å². The van der Waals surface area contributed by atoms with Gasteiger partial charge in [-0.1, -0.05) is 42.5 Å². The molecule has 0 atom stereocenters. The molecule has 0 unspecified atom stereocenters. The van der Waals surface area contributed by atoms with Gasteiger partial charge < -0.3 is 10.1 Å². The van der Waals surface area contributed by atoms with Crippen LogP contribution >= 0.6 is 0 Å². The summed E-state index contributed by atoms with van der Waals surface area (Å²) in [6.45, 7) is 2.15. The zero-order valence-corrected chi connectivity index (χ0v) is 15.2. The predicted molar refractivity (Wildman–Crippen MR) is 105 cm³/mol. The lowest BCUT2D eigenvalue weighted by Crippen LogP contribution is -2.40. The van der Waals surface area contributed by atoms with E-state index in [9.17, 15) is 9.59 Å². The van der Waals surface area contributed by atoms with E-state index in [0.29, 0.717) is 6.61 Å². The van der Waals surface area contributed by atoms with Crippen molar-refractivity contribution >= 4 is 17.9 Å². The molecule has 5 heteroatoms. The Bertz CT molecular complexity index is 779. The molecule has 2 aromatic carbocycles. The van der Waals surface area contributed by atoms with Gasteiger partial charge in [0.1, 0.15) is 12.4 Å². The fourth-order valence-electron chi connectivity index (χ4n) is 2.94. The van der Waals surface area contributed by atoms with Gasteiger partial charge in [0, 0.05) is 12.0 Å². The zero-order chi connectivity index (χ0) is 18.9. The number of imide groups is 1. The quantitative estimate of drug-likeness (QED) is 0.774. The molecule has 1 aliphatic rings. The van der Waals surface area contributed by atoms with Crippen LogP contribution in [-0.4, -0.2) is 24.9 Å². The van der Waals surface area contributed by atoms with Gasteiger partial charge >= 0.3 is 0 Å². The summed E-state index contributed by atoms with van der Waals surface area (Å²) in [4.78, 5) is 24.0. The highest BCUT2D eigenvalue weighted by Gasteiger charge is 2.21. The van der Waals surface area contributed by atoms with E-state index in [-0.39, 0.29) is 17.7 Å². The molecule has 1 aliphatic heterocycles. The van der Waals surface area contributed by atoms with Gasteiger partial charge in [-0.05, 0) is 55.3 Å². The molecule has 2 N–H and O–H groups in total. The van der Waals surface area contributed by atoms with E-state index in [1.807, 2.05) is 54.6 Å². The summed E-state index contributed by atoms with van der Waals surface area (Å²) in [6.07, 6.45) is 4.62. The Morgan fingerprint density at radius 1 is 1.04 bits per heavy atom. The highest BCUT2D eigenvalue weighted by atomic mass is 16.5. The van der Waals surface area contributed by atoms with Crippen LogP contribution in [0.25, 0.3) is 6.08 Å². The van der Waals surface area contributed by atoms with Crippen LogP contribution in [0.5, 0.6) is 5.75 Å². The number of piperidine rings is 1. The fourth-order valence-corrected chi connectivity index (χ4v) is 2.94. The topological polar surface area (TPSA) is 67.4 Å². The highest BCUT2D eigenvalue weighted by molar-refractivity contribution is 6.03. The van der Waals surface area contributed by atoms with Crippen molar-refractivity contribution in [2.75, 3.05) is 13.1 Å². The van der Waals surface area contributed by atoms with Crippen LogP contribution in [0.1, 0.15) is 24.0 Å². The van der Waals surface area contributed by atoms with Gasteiger partial charge in [0.25, 0.3) is 5.91 Å². The van der Waals surface area contributed by atoms with Crippen LogP contribution in [0.2, 0.25) is 0 Å². The maximum atomic E-state index is 12.0. The minimum Gasteiger partial charge on any atom is -0.489 e. The van der Waals surface area contributed by atoms with Gasteiger partial charge in [0.2, 0.25) is 5.91 Å². The van der Waals surface area contributed by atoms with Crippen LogP contribution in [0.15, 0.2) is 60.7 Å². The molecule has 1 fully saturated rings. The monoisotopic (exact) mass is 364 g/mol. The number of carbonyl (C=O) groups excluding carboxylic acids is 2. The number of benzene rings is 2. The molecule has 0 radical (unpaired) electrons. The molecule has 0 aromatic heterocycles. The Morgan fingerprint density at radius 2 is 1.74 bits per heavy atom. The zero-order valence-electron chi connectivity index (χ0n) is 15.2. The number of carbonyl (C=O) groups is 2. The third kappa shape index (κ3) is 6.08. The van der Waals surface area contributed by atoms with E-state index in [4.69, 9.17) is 4.74 Å². The Hall–Kier alpha value is -2.92. The molecule has 1 heterocycles. The minimum atomic E-state index is -0.386. The Morgan fingerprint density at radius 3 is 2.44 bits per heavy atom. The standard InChI is InChI=1S/C22H24N2O3/c25-21(24-22(26)19-12-14-23-15-13-19)11-8-17-6-9-20(10-7-17)27-16-18-4-2-1-3-5-18/h1-11,19,23H,12-16H2,(H,24,25,26)/b11-8+. The predicted octanol–water partition coefficient (Wildman–Crippen LogP) is 2.92. The van der Waals surface area contributed by atoms with Crippen molar-refractivity contribution in [3.8, 4) is 5.75 Å². The third-order valence-corrected chi connectivity index (χ3v) is 4.51. The third-order valence-electron chi connectivity index (χ3n) is 4.51. The Balaban J connectivity index is 1.46. The molecule has 3 rings (SSSR count). The summed E-state index contributed by atoms with van der Waals surface area (Å²) in [6, 6.07) is 17.4. The first-order chi connectivity index (χ1) is 13.2. The second-order valence-electron chi connectivity index (χ2n) is 6.55. The summed E-state index contributed by atoms with van der Waals surface area (Å²) >= 11 is 0. The first-order valence-corrected chi connectivity index (χ1v) is 9.21. The molecule has 27 heavy (non-hydrogen) atoms. The normalized spacial score (nSPS) is 14.8. The number of amides is 2. The van der Waals surface area contributed by atoms with Crippen molar-refractivity contribution in [1.29, 1.82) is 0 Å². The van der Waals surface area contributed by atoms with Gasteiger partial charge in [0.05, 0.1) is 0 Å². The molecule has 2 aromatic rings. The van der Waals surface area contributed by atoms with Crippen molar-refractivity contribution in [2.24, 2.45) is 5.92 Å². The summed E-state index contributed by atoms with van der Waals surface area (Å²) in [5, 5.41) is 5.66. The largest absolute Gasteiger partial charge is 0.489 e. The van der Waals surface area contributed by atoms with E-state index < -0.39 is 0 Å². The molecule has 5 nitrogen and oxygen atoms in total. The molecule has 0 spiro atoms. The first-order valence-electron chi connectivity index (χ1n) is 9.21. The number of ether oxygens (including phenoxy) is 1. The van der Waals surface area contributed by atoms with Crippen LogP contribution in [0.4, 0.5) is 0 Å².